The molecule has 1 heterocycles. The highest BCUT2D eigenvalue weighted by Gasteiger charge is 2.26. The number of thiophene rings is 1. The summed E-state index contributed by atoms with van der Waals surface area (Å²) in [4.78, 5) is 0.951. The van der Waals surface area contributed by atoms with E-state index in [1.165, 1.54) is 17.4 Å². The van der Waals surface area contributed by atoms with Crippen LogP contribution in [0.1, 0.15) is 56.4 Å². The van der Waals surface area contributed by atoms with Gasteiger partial charge in [-0.1, -0.05) is 32.9 Å². The van der Waals surface area contributed by atoms with Crippen molar-refractivity contribution in [1.29, 1.82) is 0 Å². The van der Waals surface area contributed by atoms with Crippen molar-refractivity contribution in [2.75, 3.05) is 31.3 Å². The minimum Gasteiger partial charge on any atom is -0.490 e. The molecule has 1 aliphatic carbocycles. The summed E-state index contributed by atoms with van der Waals surface area (Å²) >= 11 is 1.52. The Morgan fingerprint density at radius 1 is 1.23 bits per heavy atom. The Morgan fingerprint density at radius 2 is 2.00 bits per heavy atom. The first-order valence-electron chi connectivity index (χ1n) is 10.9. The lowest BCUT2D eigenvalue weighted by atomic mass is 9.99. The van der Waals surface area contributed by atoms with Crippen molar-refractivity contribution in [3.05, 3.63) is 52.0 Å². The van der Waals surface area contributed by atoms with Crippen molar-refractivity contribution in [3.63, 3.8) is 0 Å². The summed E-state index contributed by atoms with van der Waals surface area (Å²) in [6, 6.07) is 8.57. The highest BCUT2D eigenvalue weighted by molar-refractivity contribution is 7.91. The number of hydrogen-bond acceptors (Lipinski definition) is 5. The Morgan fingerprint density at radius 3 is 2.65 bits per heavy atom. The van der Waals surface area contributed by atoms with Crippen LogP contribution in [0.15, 0.2) is 35.7 Å². The minimum atomic E-state index is -3.32. The summed E-state index contributed by atoms with van der Waals surface area (Å²) < 4.78 is 51.3. The zero-order valence-electron chi connectivity index (χ0n) is 18.6. The topological polar surface area (TPSA) is 52.6 Å². The Bertz CT molecular complexity index is 929. The van der Waals surface area contributed by atoms with Crippen molar-refractivity contribution in [2.24, 2.45) is 11.3 Å². The van der Waals surface area contributed by atoms with E-state index in [0.29, 0.717) is 32.2 Å². The van der Waals surface area contributed by atoms with Crippen LogP contribution in [-0.2, 0) is 14.6 Å². The first kappa shape index (κ1) is 24.2. The van der Waals surface area contributed by atoms with Gasteiger partial charge in [-0.3, -0.25) is 0 Å². The van der Waals surface area contributed by atoms with Gasteiger partial charge in [0.2, 0.25) is 0 Å². The molecule has 0 radical (unpaired) electrons. The van der Waals surface area contributed by atoms with Crippen LogP contribution in [0, 0.1) is 17.2 Å². The largest absolute Gasteiger partial charge is 0.490 e. The molecule has 0 spiro atoms. The van der Waals surface area contributed by atoms with Gasteiger partial charge in [-0.2, -0.15) is 0 Å². The SMILES string of the molecule is CC(C)(C)COCCCS(=O)(=O)C[C@@H](c1ccc(F)c(OCC2CC2)c1)c1cccs1. The van der Waals surface area contributed by atoms with Crippen LogP contribution in [0.5, 0.6) is 5.75 Å². The minimum absolute atomic E-state index is 0.0134. The van der Waals surface area contributed by atoms with Gasteiger partial charge in [0.1, 0.15) is 0 Å². The number of hydrogen-bond donors (Lipinski definition) is 0. The lowest BCUT2D eigenvalue weighted by Crippen LogP contribution is -2.20. The molecular formula is C24H33FO4S2. The molecule has 1 aliphatic rings. The predicted octanol–water partition coefficient (Wildman–Crippen LogP) is 5.68. The van der Waals surface area contributed by atoms with Crippen molar-refractivity contribution in [2.45, 2.75) is 46.0 Å². The molecule has 1 aromatic carbocycles. The standard InChI is InChI=1S/C24H33FO4S2/c1-24(2,3)17-28-11-5-13-31(26,27)16-20(23-6-4-12-30-23)19-9-10-21(25)22(14-19)29-15-18-7-8-18/h4,6,9-10,12,14,18,20H,5,7-8,11,13,15-17H2,1-3H3/t20-/m0/s1. The quantitative estimate of drug-likeness (QED) is 0.376. The van der Waals surface area contributed by atoms with Crippen molar-refractivity contribution >= 4 is 21.2 Å². The predicted molar refractivity (Wildman–Crippen MR) is 124 cm³/mol. The van der Waals surface area contributed by atoms with Gasteiger partial charge >= 0.3 is 0 Å². The van der Waals surface area contributed by atoms with E-state index >= 15 is 0 Å². The van der Waals surface area contributed by atoms with Gasteiger partial charge in [-0.15, -0.1) is 11.3 Å². The second-order valence-electron chi connectivity index (χ2n) is 9.59. The maximum absolute atomic E-state index is 14.3. The van der Waals surface area contributed by atoms with Gasteiger partial charge in [0.15, 0.2) is 21.4 Å². The normalized spacial score (nSPS) is 15.7. The van der Waals surface area contributed by atoms with Crippen LogP contribution in [0.3, 0.4) is 0 Å². The Balaban J connectivity index is 1.67. The Labute approximate surface area is 189 Å². The molecular weight excluding hydrogens is 435 g/mol. The fraction of sp³-hybridized carbons (Fsp3) is 0.583. The number of halogens is 1. The van der Waals surface area contributed by atoms with Gasteiger partial charge < -0.3 is 9.47 Å². The van der Waals surface area contributed by atoms with Crippen LogP contribution in [-0.4, -0.2) is 39.7 Å². The van der Waals surface area contributed by atoms with E-state index in [1.54, 1.807) is 12.1 Å². The second-order valence-corrected chi connectivity index (χ2v) is 12.8. The third kappa shape index (κ3) is 8.20. The summed E-state index contributed by atoms with van der Waals surface area (Å²) in [5.74, 6) is 0.0275. The molecule has 172 valence electrons. The third-order valence-electron chi connectivity index (χ3n) is 5.12. The molecule has 0 aliphatic heterocycles. The number of rotatable bonds is 12. The summed E-state index contributed by atoms with van der Waals surface area (Å²) in [7, 11) is -3.32. The number of ether oxygens (including phenoxy) is 2. The van der Waals surface area contributed by atoms with E-state index in [-0.39, 0.29) is 28.6 Å². The summed E-state index contributed by atoms with van der Waals surface area (Å²) in [5, 5.41) is 1.93. The fourth-order valence-electron chi connectivity index (χ4n) is 3.27. The molecule has 3 rings (SSSR count). The lowest BCUT2D eigenvalue weighted by molar-refractivity contribution is 0.0720. The number of benzene rings is 1. The molecule has 0 unspecified atom stereocenters. The molecule has 0 saturated heterocycles. The second kappa shape index (κ2) is 10.5. The molecule has 0 bridgehead atoms. The van der Waals surface area contributed by atoms with Gasteiger partial charge in [0.05, 0.1) is 24.7 Å². The monoisotopic (exact) mass is 468 g/mol. The summed E-state index contributed by atoms with van der Waals surface area (Å²) in [5.41, 5.74) is 0.826. The van der Waals surface area contributed by atoms with Gasteiger partial charge in [0.25, 0.3) is 0 Å². The van der Waals surface area contributed by atoms with E-state index in [2.05, 4.69) is 20.8 Å². The lowest BCUT2D eigenvalue weighted by Gasteiger charge is -2.19. The van der Waals surface area contributed by atoms with E-state index in [9.17, 15) is 12.8 Å². The fourth-order valence-corrected chi connectivity index (χ4v) is 5.83. The zero-order valence-corrected chi connectivity index (χ0v) is 20.2. The van der Waals surface area contributed by atoms with Crippen LogP contribution in [0.4, 0.5) is 4.39 Å². The molecule has 0 N–H and O–H groups in total. The van der Waals surface area contributed by atoms with Crippen molar-refractivity contribution < 1.29 is 22.3 Å². The smallest absolute Gasteiger partial charge is 0.165 e. The molecule has 31 heavy (non-hydrogen) atoms. The first-order valence-corrected chi connectivity index (χ1v) is 13.6. The maximum atomic E-state index is 14.3. The van der Waals surface area contributed by atoms with Crippen LogP contribution >= 0.6 is 11.3 Å². The van der Waals surface area contributed by atoms with Gasteiger partial charge in [-0.05, 0) is 59.7 Å². The average Bonchev–Trinajstić information content (AvgIpc) is 3.35. The highest BCUT2D eigenvalue weighted by atomic mass is 32.2. The van der Waals surface area contributed by atoms with Crippen molar-refractivity contribution in [1.82, 2.24) is 0 Å². The van der Waals surface area contributed by atoms with Crippen molar-refractivity contribution in [3.8, 4) is 5.75 Å². The number of sulfone groups is 1. The van der Waals surface area contributed by atoms with Crippen LogP contribution in [0.2, 0.25) is 0 Å². The molecule has 0 amide bonds. The van der Waals surface area contributed by atoms with Gasteiger partial charge in [0, 0.05) is 17.4 Å². The van der Waals surface area contributed by atoms with E-state index in [0.717, 1.165) is 23.3 Å². The highest BCUT2D eigenvalue weighted by Crippen LogP contribution is 2.34. The van der Waals surface area contributed by atoms with E-state index in [1.807, 2.05) is 17.5 Å². The average molecular weight is 469 g/mol. The van der Waals surface area contributed by atoms with E-state index in [4.69, 9.17) is 9.47 Å². The summed E-state index contributed by atoms with van der Waals surface area (Å²) in [6.45, 7) is 7.79. The molecule has 1 saturated carbocycles. The molecule has 1 fully saturated rings. The van der Waals surface area contributed by atoms with Crippen LogP contribution in [0.25, 0.3) is 0 Å². The zero-order chi connectivity index (χ0) is 22.5. The molecule has 2 aromatic rings. The summed E-state index contributed by atoms with van der Waals surface area (Å²) in [6.07, 6.45) is 2.71. The van der Waals surface area contributed by atoms with E-state index < -0.39 is 15.7 Å². The Kier molecular flexibility index (Phi) is 8.16. The molecule has 7 heteroatoms. The van der Waals surface area contributed by atoms with Crippen LogP contribution < -0.4 is 4.74 Å². The molecule has 1 atom stereocenters. The third-order valence-corrected chi connectivity index (χ3v) is 7.85. The molecule has 1 aromatic heterocycles. The first-order chi connectivity index (χ1) is 14.6. The Hall–Kier alpha value is -1.44. The maximum Gasteiger partial charge on any atom is 0.165 e. The molecule has 4 nitrogen and oxygen atoms in total. The van der Waals surface area contributed by atoms with Gasteiger partial charge in [-0.25, -0.2) is 12.8 Å².